The van der Waals surface area contributed by atoms with Gasteiger partial charge in [-0.3, -0.25) is 0 Å². The molecule has 0 amide bonds. The summed E-state index contributed by atoms with van der Waals surface area (Å²) in [6.45, 7) is 4.58. The summed E-state index contributed by atoms with van der Waals surface area (Å²) in [7, 11) is 1.91. The van der Waals surface area contributed by atoms with Gasteiger partial charge in [0.05, 0.1) is 6.10 Å². The van der Waals surface area contributed by atoms with Crippen LogP contribution >= 0.6 is 0 Å². The number of unbranched alkanes of at least 4 members (excludes halogenated alkanes) is 16. The van der Waals surface area contributed by atoms with Crippen LogP contribution in [0.2, 0.25) is 0 Å². The lowest BCUT2D eigenvalue weighted by Gasteiger charge is -2.15. The quantitative estimate of drug-likeness (QED) is 0.187. The van der Waals surface area contributed by atoms with Crippen molar-refractivity contribution in [2.24, 2.45) is 0 Å². The first-order valence-corrected chi connectivity index (χ1v) is 11.9. The van der Waals surface area contributed by atoms with Crippen LogP contribution in [0.3, 0.4) is 0 Å². The fraction of sp³-hybridized carbons (Fsp3) is 1.00. The Morgan fingerprint density at radius 2 is 0.720 bits per heavy atom. The van der Waals surface area contributed by atoms with Crippen molar-refractivity contribution in [2.45, 2.75) is 148 Å². The molecule has 1 unspecified atom stereocenters. The second kappa shape index (κ2) is 22.0. The third kappa shape index (κ3) is 20.1. The topological polar surface area (TPSA) is 9.23 Å². The minimum absolute atomic E-state index is 0.522. The van der Waals surface area contributed by atoms with Crippen molar-refractivity contribution in [2.75, 3.05) is 7.11 Å². The van der Waals surface area contributed by atoms with Crippen LogP contribution in [0.5, 0.6) is 0 Å². The van der Waals surface area contributed by atoms with Crippen LogP contribution in [-0.2, 0) is 4.74 Å². The van der Waals surface area contributed by atoms with Gasteiger partial charge in [-0.2, -0.15) is 0 Å². The number of hydrogen-bond donors (Lipinski definition) is 0. The molecule has 0 spiro atoms. The van der Waals surface area contributed by atoms with Gasteiger partial charge in [-0.25, -0.2) is 0 Å². The lowest BCUT2D eigenvalue weighted by atomic mass is 10.0. The Morgan fingerprint density at radius 3 is 1.00 bits per heavy atom. The molecule has 0 aliphatic rings. The largest absolute Gasteiger partial charge is 0.381 e. The summed E-state index contributed by atoms with van der Waals surface area (Å²) >= 11 is 0. The van der Waals surface area contributed by atoms with E-state index >= 15 is 0 Å². The summed E-state index contributed by atoms with van der Waals surface area (Å²) in [6, 6.07) is 0. The first-order valence-electron chi connectivity index (χ1n) is 11.9. The average Bonchev–Trinajstić information content (AvgIpc) is 2.63. The van der Waals surface area contributed by atoms with Gasteiger partial charge in [0.2, 0.25) is 0 Å². The molecular weight excluding hydrogens is 304 g/mol. The number of methoxy groups -OCH3 is 1. The molecular formula is C24H50O. The van der Waals surface area contributed by atoms with E-state index in [0.717, 1.165) is 0 Å². The SMILES string of the molecule is CCCCCCCCCCCCCC(CCCCCCCCC)OC. The molecule has 0 fully saturated rings. The van der Waals surface area contributed by atoms with Crippen LogP contribution < -0.4 is 0 Å². The third-order valence-corrected chi connectivity index (χ3v) is 5.59. The number of rotatable bonds is 21. The predicted molar refractivity (Wildman–Crippen MR) is 114 cm³/mol. The van der Waals surface area contributed by atoms with Gasteiger partial charge in [-0.15, -0.1) is 0 Å². The van der Waals surface area contributed by atoms with Crippen molar-refractivity contribution in [1.29, 1.82) is 0 Å². The number of hydrogen-bond acceptors (Lipinski definition) is 1. The van der Waals surface area contributed by atoms with Crippen molar-refractivity contribution in [3.8, 4) is 0 Å². The Hall–Kier alpha value is -0.0400. The van der Waals surface area contributed by atoms with Gasteiger partial charge < -0.3 is 4.74 Å². The standard InChI is InChI=1S/C24H50O/c1-4-6-8-10-12-13-14-15-17-19-21-23-24(25-3)22-20-18-16-11-9-7-5-2/h24H,4-23H2,1-3H3. The zero-order chi connectivity index (χ0) is 18.4. The minimum Gasteiger partial charge on any atom is -0.381 e. The van der Waals surface area contributed by atoms with Gasteiger partial charge >= 0.3 is 0 Å². The Bertz CT molecular complexity index is 226. The van der Waals surface area contributed by atoms with Crippen LogP contribution in [0.1, 0.15) is 142 Å². The molecule has 1 atom stereocenters. The molecule has 0 bridgehead atoms. The summed E-state index contributed by atoms with van der Waals surface area (Å²) in [5.41, 5.74) is 0. The number of ether oxygens (including phenoxy) is 1. The van der Waals surface area contributed by atoms with E-state index in [1.807, 2.05) is 7.11 Å². The highest BCUT2D eigenvalue weighted by Gasteiger charge is 2.06. The molecule has 1 nitrogen and oxygen atoms in total. The van der Waals surface area contributed by atoms with E-state index in [9.17, 15) is 0 Å². The van der Waals surface area contributed by atoms with E-state index in [1.165, 1.54) is 128 Å². The van der Waals surface area contributed by atoms with Crippen LogP contribution in [0.25, 0.3) is 0 Å². The first kappa shape index (κ1) is 25.0. The zero-order valence-electron chi connectivity index (χ0n) is 18.1. The van der Waals surface area contributed by atoms with E-state index in [1.54, 1.807) is 0 Å². The maximum Gasteiger partial charge on any atom is 0.0571 e. The van der Waals surface area contributed by atoms with Gasteiger partial charge in [0.1, 0.15) is 0 Å². The molecule has 0 aromatic rings. The highest BCUT2D eigenvalue weighted by Crippen LogP contribution is 2.17. The fourth-order valence-electron chi connectivity index (χ4n) is 3.75. The minimum atomic E-state index is 0.522. The van der Waals surface area contributed by atoms with Gasteiger partial charge in [0, 0.05) is 7.11 Å². The van der Waals surface area contributed by atoms with Crippen molar-refractivity contribution >= 4 is 0 Å². The predicted octanol–water partition coefficient (Wildman–Crippen LogP) is 8.84. The lowest BCUT2D eigenvalue weighted by Crippen LogP contribution is -2.10. The zero-order valence-corrected chi connectivity index (χ0v) is 18.1. The molecule has 0 N–H and O–H groups in total. The third-order valence-electron chi connectivity index (χ3n) is 5.59. The van der Waals surface area contributed by atoms with E-state index < -0.39 is 0 Å². The highest BCUT2D eigenvalue weighted by molar-refractivity contribution is 4.59. The lowest BCUT2D eigenvalue weighted by molar-refractivity contribution is 0.0831. The first-order chi connectivity index (χ1) is 12.3. The van der Waals surface area contributed by atoms with Crippen molar-refractivity contribution in [3.63, 3.8) is 0 Å². The van der Waals surface area contributed by atoms with Crippen molar-refractivity contribution in [1.82, 2.24) is 0 Å². The van der Waals surface area contributed by atoms with Gasteiger partial charge in [0.15, 0.2) is 0 Å². The second-order valence-corrected chi connectivity index (χ2v) is 8.09. The molecule has 0 radical (unpaired) electrons. The van der Waals surface area contributed by atoms with Crippen LogP contribution in [0.15, 0.2) is 0 Å². The van der Waals surface area contributed by atoms with Gasteiger partial charge in [-0.1, -0.05) is 129 Å². The highest BCUT2D eigenvalue weighted by atomic mass is 16.5. The van der Waals surface area contributed by atoms with Gasteiger partial charge in [-0.05, 0) is 12.8 Å². The van der Waals surface area contributed by atoms with E-state index in [0.29, 0.717) is 6.10 Å². The fourth-order valence-corrected chi connectivity index (χ4v) is 3.75. The molecule has 0 aromatic carbocycles. The molecule has 1 heteroatoms. The Balaban J connectivity index is 3.26. The molecule has 0 heterocycles. The van der Waals surface area contributed by atoms with Gasteiger partial charge in [0.25, 0.3) is 0 Å². The summed E-state index contributed by atoms with van der Waals surface area (Å²) in [6.07, 6.45) is 28.7. The monoisotopic (exact) mass is 354 g/mol. The molecule has 0 saturated heterocycles. The summed E-state index contributed by atoms with van der Waals surface area (Å²) in [4.78, 5) is 0. The van der Waals surface area contributed by atoms with E-state index in [4.69, 9.17) is 4.74 Å². The molecule has 152 valence electrons. The average molecular weight is 355 g/mol. The van der Waals surface area contributed by atoms with Crippen LogP contribution in [0, 0.1) is 0 Å². The summed E-state index contributed by atoms with van der Waals surface area (Å²) in [5.74, 6) is 0. The second-order valence-electron chi connectivity index (χ2n) is 8.09. The maximum absolute atomic E-state index is 5.69. The summed E-state index contributed by atoms with van der Waals surface area (Å²) < 4.78 is 5.69. The Labute approximate surface area is 160 Å². The smallest absolute Gasteiger partial charge is 0.0571 e. The molecule has 0 aliphatic carbocycles. The Kier molecular flexibility index (Phi) is 22.0. The van der Waals surface area contributed by atoms with Crippen LogP contribution in [0.4, 0.5) is 0 Å². The van der Waals surface area contributed by atoms with Crippen LogP contribution in [-0.4, -0.2) is 13.2 Å². The van der Waals surface area contributed by atoms with Crippen molar-refractivity contribution in [3.05, 3.63) is 0 Å². The normalized spacial score (nSPS) is 12.6. The van der Waals surface area contributed by atoms with E-state index in [2.05, 4.69) is 13.8 Å². The molecule has 0 saturated carbocycles. The van der Waals surface area contributed by atoms with Crippen molar-refractivity contribution < 1.29 is 4.74 Å². The molecule has 25 heavy (non-hydrogen) atoms. The summed E-state index contributed by atoms with van der Waals surface area (Å²) in [5, 5.41) is 0. The molecule has 0 aliphatic heterocycles. The van der Waals surface area contributed by atoms with E-state index in [-0.39, 0.29) is 0 Å². The Morgan fingerprint density at radius 1 is 0.440 bits per heavy atom. The maximum atomic E-state index is 5.69. The molecule has 0 rings (SSSR count). The molecule has 0 aromatic heterocycles.